The molecule has 4 rings (SSSR count). The van der Waals surface area contributed by atoms with Gasteiger partial charge in [-0.25, -0.2) is 9.97 Å². The number of rotatable bonds is 4. The lowest BCUT2D eigenvalue weighted by molar-refractivity contribution is 0.0987. The highest BCUT2D eigenvalue weighted by Crippen LogP contribution is 2.28. The summed E-state index contributed by atoms with van der Waals surface area (Å²) in [5.41, 5.74) is 5.02. The standard InChI is InChI=1S/C18H17N5OS/c1-9-10(2)22-23-17(9)15(24)5-12-4-13-6-14(21-18(13)20-7-12)16-8-19-11(3)25-16/h4,6-8H,5H2,1-3H3,(H,20,21)(H,22,23). The van der Waals surface area contributed by atoms with Gasteiger partial charge in [-0.05, 0) is 38.5 Å². The Morgan fingerprint density at radius 2 is 2.00 bits per heavy atom. The van der Waals surface area contributed by atoms with Crippen molar-refractivity contribution >= 4 is 28.2 Å². The van der Waals surface area contributed by atoms with E-state index in [0.29, 0.717) is 5.69 Å². The van der Waals surface area contributed by atoms with Crippen LogP contribution in [0.25, 0.3) is 21.6 Å². The summed E-state index contributed by atoms with van der Waals surface area (Å²) in [4.78, 5) is 25.6. The summed E-state index contributed by atoms with van der Waals surface area (Å²) in [6.45, 7) is 5.80. The maximum Gasteiger partial charge on any atom is 0.187 e. The van der Waals surface area contributed by atoms with Gasteiger partial charge >= 0.3 is 0 Å². The van der Waals surface area contributed by atoms with Crippen LogP contribution in [-0.2, 0) is 6.42 Å². The van der Waals surface area contributed by atoms with Gasteiger partial charge in [-0.3, -0.25) is 9.89 Å². The van der Waals surface area contributed by atoms with Crippen molar-refractivity contribution < 1.29 is 4.79 Å². The molecule has 0 unspecified atom stereocenters. The molecule has 4 aromatic rings. The van der Waals surface area contributed by atoms with Gasteiger partial charge in [0.25, 0.3) is 0 Å². The molecule has 0 aliphatic heterocycles. The lowest BCUT2D eigenvalue weighted by Crippen LogP contribution is -2.06. The van der Waals surface area contributed by atoms with E-state index in [1.54, 1.807) is 17.5 Å². The summed E-state index contributed by atoms with van der Waals surface area (Å²) in [6, 6.07) is 4.05. The second-order valence-corrected chi connectivity index (χ2v) is 7.36. The van der Waals surface area contributed by atoms with Crippen LogP contribution >= 0.6 is 11.3 Å². The van der Waals surface area contributed by atoms with Gasteiger partial charge in [0.05, 0.1) is 15.6 Å². The van der Waals surface area contributed by atoms with Gasteiger partial charge in [0.15, 0.2) is 5.78 Å². The molecule has 6 nitrogen and oxygen atoms in total. The SMILES string of the molecule is Cc1ncc(-c2cc3cc(CC(=O)c4n[nH]c(C)c4C)cnc3[nH]2)s1. The molecule has 4 heterocycles. The molecule has 2 N–H and O–H groups in total. The van der Waals surface area contributed by atoms with Gasteiger partial charge in [0.1, 0.15) is 11.3 Å². The van der Waals surface area contributed by atoms with Crippen molar-refractivity contribution in [1.29, 1.82) is 0 Å². The van der Waals surface area contributed by atoms with Crippen LogP contribution in [0.2, 0.25) is 0 Å². The fourth-order valence-corrected chi connectivity index (χ4v) is 3.55. The Bertz CT molecular complexity index is 1090. The number of hydrogen-bond donors (Lipinski definition) is 2. The number of aromatic nitrogens is 5. The largest absolute Gasteiger partial charge is 0.339 e. The summed E-state index contributed by atoms with van der Waals surface area (Å²) < 4.78 is 0. The predicted molar refractivity (Wildman–Crippen MR) is 98.0 cm³/mol. The summed E-state index contributed by atoms with van der Waals surface area (Å²) in [7, 11) is 0. The number of fused-ring (bicyclic) bond motifs is 1. The molecule has 25 heavy (non-hydrogen) atoms. The third-order valence-corrected chi connectivity index (χ3v) is 5.24. The molecule has 0 bridgehead atoms. The first-order valence-electron chi connectivity index (χ1n) is 7.96. The van der Waals surface area contributed by atoms with Crippen LogP contribution in [0.3, 0.4) is 0 Å². The van der Waals surface area contributed by atoms with E-state index in [1.807, 2.05) is 39.1 Å². The minimum atomic E-state index is -0.00293. The van der Waals surface area contributed by atoms with E-state index in [-0.39, 0.29) is 12.2 Å². The molecular formula is C18H17N5OS. The summed E-state index contributed by atoms with van der Waals surface area (Å²) in [6.07, 6.45) is 3.89. The smallest absolute Gasteiger partial charge is 0.187 e. The van der Waals surface area contributed by atoms with Crippen molar-refractivity contribution in [2.45, 2.75) is 27.2 Å². The average molecular weight is 351 g/mol. The third kappa shape index (κ3) is 2.87. The fourth-order valence-electron chi connectivity index (χ4n) is 2.80. The van der Waals surface area contributed by atoms with Crippen molar-refractivity contribution in [2.24, 2.45) is 0 Å². The minimum Gasteiger partial charge on any atom is -0.339 e. The molecule has 126 valence electrons. The first kappa shape index (κ1) is 15.7. The second-order valence-electron chi connectivity index (χ2n) is 6.13. The number of thiazole rings is 1. The quantitative estimate of drug-likeness (QED) is 0.548. The Labute approximate surface area is 148 Å². The number of nitrogens with one attached hydrogen (secondary N) is 2. The highest BCUT2D eigenvalue weighted by molar-refractivity contribution is 7.15. The van der Waals surface area contributed by atoms with Crippen molar-refractivity contribution in [3.05, 3.63) is 52.0 Å². The van der Waals surface area contributed by atoms with E-state index in [0.717, 1.165) is 43.4 Å². The van der Waals surface area contributed by atoms with Gasteiger partial charge in [0, 0.05) is 35.5 Å². The van der Waals surface area contributed by atoms with Crippen molar-refractivity contribution in [2.75, 3.05) is 0 Å². The van der Waals surface area contributed by atoms with Gasteiger partial charge in [-0.2, -0.15) is 5.10 Å². The van der Waals surface area contributed by atoms with Crippen LogP contribution in [0.1, 0.15) is 32.3 Å². The second kappa shape index (κ2) is 5.93. The maximum atomic E-state index is 12.5. The zero-order valence-electron chi connectivity index (χ0n) is 14.2. The topological polar surface area (TPSA) is 87.3 Å². The molecular weight excluding hydrogens is 334 g/mol. The molecule has 0 spiro atoms. The zero-order chi connectivity index (χ0) is 17.6. The molecule has 0 aliphatic rings. The van der Waals surface area contributed by atoms with Gasteiger partial charge in [-0.15, -0.1) is 11.3 Å². The summed E-state index contributed by atoms with van der Waals surface area (Å²) in [5.74, 6) is -0.00293. The Balaban J connectivity index is 1.63. The Morgan fingerprint density at radius 1 is 1.16 bits per heavy atom. The minimum absolute atomic E-state index is 0.00293. The molecule has 4 aromatic heterocycles. The third-order valence-electron chi connectivity index (χ3n) is 4.30. The highest BCUT2D eigenvalue weighted by atomic mass is 32.1. The number of carbonyl (C=O) groups is 1. The van der Waals surface area contributed by atoms with E-state index in [9.17, 15) is 4.79 Å². The van der Waals surface area contributed by atoms with E-state index in [2.05, 4.69) is 25.1 Å². The fraction of sp³-hybridized carbons (Fsp3) is 0.222. The summed E-state index contributed by atoms with van der Waals surface area (Å²) in [5, 5.41) is 8.99. The molecule has 0 aliphatic carbocycles. The molecule has 0 atom stereocenters. The van der Waals surface area contributed by atoms with Crippen LogP contribution in [0.15, 0.2) is 24.5 Å². The van der Waals surface area contributed by atoms with E-state index >= 15 is 0 Å². The average Bonchev–Trinajstić information content (AvgIpc) is 3.27. The first-order valence-corrected chi connectivity index (χ1v) is 8.78. The molecule has 0 saturated carbocycles. The van der Waals surface area contributed by atoms with Crippen LogP contribution in [0.5, 0.6) is 0 Å². The van der Waals surface area contributed by atoms with E-state index in [1.165, 1.54) is 0 Å². The number of aromatic amines is 2. The molecule has 0 saturated heterocycles. The molecule has 0 amide bonds. The molecule has 0 fully saturated rings. The number of nitrogens with zero attached hydrogens (tertiary/aromatic N) is 3. The van der Waals surface area contributed by atoms with Crippen molar-refractivity contribution in [3.63, 3.8) is 0 Å². The van der Waals surface area contributed by atoms with Gasteiger partial charge in [0.2, 0.25) is 0 Å². The normalized spacial score (nSPS) is 11.3. The number of aryl methyl sites for hydroxylation is 2. The van der Waals surface area contributed by atoms with Crippen molar-refractivity contribution in [1.82, 2.24) is 25.1 Å². The van der Waals surface area contributed by atoms with Crippen LogP contribution in [0, 0.1) is 20.8 Å². The molecule has 0 aromatic carbocycles. The Hall–Kier alpha value is -2.80. The zero-order valence-corrected chi connectivity index (χ0v) is 15.0. The van der Waals surface area contributed by atoms with Gasteiger partial charge < -0.3 is 4.98 Å². The summed E-state index contributed by atoms with van der Waals surface area (Å²) >= 11 is 1.64. The monoisotopic (exact) mass is 351 g/mol. The van der Waals surface area contributed by atoms with Crippen LogP contribution < -0.4 is 0 Å². The van der Waals surface area contributed by atoms with Crippen molar-refractivity contribution in [3.8, 4) is 10.6 Å². The predicted octanol–water partition coefficient (Wildman–Crippen LogP) is 3.76. The number of pyridine rings is 1. The lowest BCUT2D eigenvalue weighted by atomic mass is 10.1. The number of hydrogen-bond acceptors (Lipinski definition) is 5. The number of ketones is 1. The number of carbonyl (C=O) groups excluding carboxylic acids is 1. The Morgan fingerprint density at radius 3 is 2.68 bits per heavy atom. The first-order chi connectivity index (χ1) is 12.0. The molecule has 0 radical (unpaired) electrons. The van der Waals surface area contributed by atoms with E-state index < -0.39 is 0 Å². The highest BCUT2D eigenvalue weighted by Gasteiger charge is 2.16. The Kier molecular flexibility index (Phi) is 3.73. The van der Waals surface area contributed by atoms with Crippen LogP contribution in [0.4, 0.5) is 0 Å². The van der Waals surface area contributed by atoms with Gasteiger partial charge in [-0.1, -0.05) is 0 Å². The lowest BCUT2D eigenvalue weighted by Gasteiger charge is -2.00. The van der Waals surface area contributed by atoms with E-state index in [4.69, 9.17) is 0 Å². The van der Waals surface area contributed by atoms with Crippen LogP contribution in [-0.4, -0.2) is 30.9 Å². The number of H-pyrrole nitrogens is 2. The molecule has 7 heteroatoms. The number of Topliss-reactive ketones (excluding diaryl/α,β-unsaturated/α-hetero) is 1. The maximum absolute atomic E-state index is 12.5.